The maximum atomic E-state index is 12.2. The zero-order chi connectivity index (χ0) is 29.7. The second-order valence-electron chi connectivity index (χ2n) is 10.3. The summed E-state index contributed by atoms with van der Waals surface area (Å²) in [7, 11) is 0. The lowest BCUT2D eigenvalue weighted by Crippen LogP contribution is -2.60. The number of β-amino-alcohol motifs (C(OH)–C–C–N with tert-alkyl or cyclic N) is 1. The number of carboxylic acids is 2. The highest BCUT2D eigenvalue weighted by Gasteiger charge is 2.58. The van der Waals surface area contributed by atoms with Crippen LogP contribution in [0.1, 0.15) is 18.7 Å². The second kappa shape index (κ2) is 10.2. The summed E-state index contributed by atoms with van der Waals surface area (Å²) in [6.07, 6.45) is 1.50. The third-order valence-corrected chi connectivity index (χ3v) is 7.40. The minimum absolute atomic E-state index is 0.117. The van der Waals surface area contributed by atoms with E-state index < -0.39 is 60.2 Å². The van der Waals surface area contributed by atoms with Crippen LogP contribution in [0.2, 0.25) is 5.28 Å². The average Bonchev–Trinajstić information content (AvgIpc) is 3.43. The molecule has 0 amide bonds. The fourth-order valence-electron chi connectivity index (χ4n) is 5.04. The Labute approximate surface area is 237 Å². The lowest BCUT2D eigenvalue weighted by Gasteiger charge is -2.44. The zero-order valence-electron chi connectivity index (χ0n) is 21.6. The zero-order valence-corrected chi connectivity index (χ0v) is 22.3. The fraction of sp³-hybridized carbons (Fsp3) is 0.423. The molecule has 0 spiro atoms. The number of carboxylic acid groups (broad SMARTS) is 2. The third-order valence-electron chi connectivity index (χ3n) is 7.23. The van der Waals surface area contributed by atoms with Crippen LogP contribution in [0.4, 0.5) is 5.82 Å². The minimum Gasteiger partial charge on any atom is -0.479 e. The number of fused-ring (bicyclic) bond motifs is 1. The van der Waals surface area contributed by atoms with Gasteiger partial charge in [0, 0.05) is 19.5 Å². The number of ether oxygens (including phenoxy) is 2. The number of benzene rings is 1. The molecule has 4 heterocycles. The van der Waals surface area contributed by atoms with Crippen LogP contribution >= 0.6 is 11.6 Å². The second-order valence-corrected chi connectivity index (χ2v) is 10.7. The van der Waals surface area contributed by atoms with Crippen molar-refractivity contribution in [3.05, 3.63) is 47.5 Å². The summed E-state index contributed by atoms with van der Waals surface area (Å²) in [6, 6.07) is 8.00. The Balaban J connectivity index is 1.45. The largest absolute Gasteiger partial charge is 0.479 e. The minimum atomic E-state index is -2.75. The Morgan fingerprint density at radius 1 is 1.22 bits per heavy atom. The summed E-state index contributed by atoms with van der Waals surface area (Å²) in [5, 5.41) is 52.1. The van der Waals surface area contributed by atoms with Crippen LogP contribution in [0.15, 0.2) is 36.7 Å². The Bertz CT molecular complexity index is 1520. The maximum Gasteiger partial charge on any atom is 0.348 e. The van der Waals surface area contributed by atoms with Gasteiger partial charge in [-0.05, 0) is 24.1 Å². The molecule has 0 aliphatic carbocycles. The molecule has 2 saturated heterocycles. The first-order valence-corrected chi connectivity index (χ1v) is 12.7. The van der Waals surface area contributed by atoms with Crippen molar-refractivity contribution in [2.24, 2.45) is 0 Å². The van der Waals surface area contributed by atoms with Crippen LogP contribution in [0.3, 0.4) is 0 Å². The molecule has 0 unspecified atom stereocenters. The van der Waals surface area contributed by atoms with Crippen molar-refractivity contribution in [1.29, 1.82) is 0 Å². The molecule has 1 aromatic carbocycles. The molecule has 15 heteroatoms. The summed E-state index contributed by atoms with van der Waals surface area (Å²) in [5.41, 5.74) is -5.34. The summed E-state index contributed by atoms with van der Waals surface area (Å²) in [4.78, 5) is 38.8. The molecule has 0 bridgehead atoms. The topological polar surface area (TPSA) is 201 Å². The van der Waals surface area contributed by atoms with Gasteiger partial charge in [-0.1, -0.05) is 36.3 Å². The predicted molar refractivity (Wildman–Crippen MR) is 141 cm³/mol. The molecular weight excluding hydrogens is 562 g/mol. The van der Waals surface area contributed by atoms with Crippen LogP contribution in [-0.2, 0) is 25.5 Å². The van der Waals surface area contributed by atoms with Gasteiger partial charge < -0.3 is 39.9 Å². The van der Waals surface area contributed by atoms with Gasteiger partial charge in [-0.3, -0.25) is 4.57 Å². The van der Waals surface area contributed by atoms with Crippen molar-refractivity contribution in [2.45, 2.75) is 48.6 Å². The number of terminal acetylenes is 1. The number of carbonyl (C=O) groups is 2. The molecule has 5 rings (SSSR count). The van der Waals surface area contributed by atoms with Gasteiger partial charge in [0.1, 0.15) is 12.2 Å². The Hall–Kier alpha value is -3.84. The number of aliphatic hydroxyl groups excluding tert-OH is 1. The van der Waals surface area contributed by atoms with Crippen LogP contribution in [0.5, 0.6) is 0 Å². The standard InChI is InChI=1S/C26H26ClN5O9/c1-3-25(39)15(10-40-26(21(34)35,22(36)37)9-14-7-5-4-6-8-14)41-20(17(25)33)32-13-28-16-18(29-23(27)30-19(16)32)31-11-24(2,38)12-31/h1,4-8,13,15,17,20,33,38-39H,9-12H2,2H3,(H,34,35)(H,36,37)/t15-,17+,20-,25-/m1/s1. The van der Waals surface area contributed by atoms with E-state index >= 15 is 0 Å². The number of hydrogen-bond acceptors (Lipinski definition) is 11. The van der Waals surface area contributed by atoms with Gasteiger partial charge in [-0.2, -0.15) is 9.97 Å². The molecule has 216 valence electrons. The van der Waals surface area contributed by atoms with E-state index in [1.807, 2.05) is 0 Å². The van der Waals surface area contributed by atoms with Crippen LogP contribution in [0.25, 0.3) is 11.2 Å². The van der Waals surface area contributed by atoms with Crippen molar-refractivity contribution in [2.75, 3.05) is 24.6 Å². The summed E-state index contributed by atoms with van der Waals surface area (Å²) < 4.78 is 12.6. The Kier molecular flexibility index (Phi) is 7.14. The number of halogens is 1. The van der Waals surface area contributed by atoms with E-state index in [9.17, 15) is 35.1 Å². The number of aliphatic carboxylic acids is 2. The summed E-state index contributed by atoms with van der Waals surface area (Å²) in [6.45, 7) is 1.38. The molecule has 2 aliphatic heterocycles. The molecule has 3 aromatic rings. The number of nitrogens with zero attached hydrogens (tertiary/aromatic N) is 5. The van der Waals surface area contributed by atoms with E-state index in [2.05, 4.69) is 20.9 Å². The monoisotopic (exact) mass is 587 g/mol. The van der Waals surface area contributed by atoms with Gasteiger partial charge in [0.05, 0.1) is 18.5 Å². The molecule has 41 heavy (non-hydrogen) atoms. The van der Waals surface area contributed by atoms with Gasteiger partial charge in [-0.15, -0.1) is 6.42 Å². The molecule has 4 atom stereocenters. The number of aromatic nitrogens is 4. The van der Waals surface area contributed by atoms with Gasteiger partial charge in [0.15, 0.2) is 28.8 Å². The first-order chi connectivity index (χ1) is 19.3. The van der Waals surface area contributed by atoms with Gasteiger partial charge in [0.25, 0.3) is 5.60 Å². The third kappa shape index (κ3) is 4.86. The van der Waals surface area contributed by atoms with E-state index in [1.165, 1.54) is 10.9 Å². The molecule has 5 N–H and O–H groups in total. The maximum absolute atomic E-state index is 12.2. The number of aliphatic hydroxyl groups is 3. The van der Waals surface area contributed by atoms with Crippen molar-refractivity contribution >= 4 is 40.5 Å². The number of hydrogen-bond donors (Lipinski definition) is 5. The van der Waals surface area contributed by atoms with Crippen molar-refractivity contribution < 1.29 is 44.6 Å². The van der Waals surface area contributed by atoms with Crippen LogP contribution in [0, 0.1) is 12.3 Å². The van der Waals surface area contributed by atoms with Crippen molar-refractivity contribution in [1.82, 2.24) is 19.5 Å². The highest BCUT2D eigenvalue weighted by molar-refractivity contribution is 6.28. The SMILES string of the molecule is C#C[C@@]1(O)[C@@H](COC(Cc2ccccc2)(C(=O)O)C(=O)O)O[C@@H](n2cnc3c(N4CC(C)(O)C4)nc(Cl)nc32)[C@@H]1O. The van der Waals surface area contributed by atoms with E-state index in [0.717, 1.165) is 0 Å². The normalized spacial score (nSPS) is 25.6. The van der Waals surface area contributed by atoms with E-state index in [-0.39, 0.29) is 29.5 Å². The molecule has 2 fully saturated rings. The smallest absolute Gasteiger partial charge is 0.348 e. The van der Waals surface area contributed by atoms with Gasteiger partial charge >= 0.3 is 11.9 Å². The van der Waals surface area contributed by atoms with E-state index in [4.69, 9.17) is 27.5 Å². The van der Waals surface area contributed by atoms with Crippen molar-refractivity contribution in [3.63, 3.8) is 0 Å². The molecule has 14 nitrogen and oxygen atoms in total. The first kappa shape index (κ1) is 28.7. The Morgan fingerprint density at radius 2 is 1.88 bits per heavy atom. The van der Waals surface area contributed by atoms with Crippen LogP contribution in [-0.4, -0.2) is 106 Å². The van der Waals surface area contributed by atoms with Crippen molar-refractivity contribution in [3.8, 4) is 12.3 Å². The summed E-state index contributed by atoms with van der Waals surface area (Å²) in [5.74, 6) is -1.16. The molecular formula is C26H26ClN5O9. The van der Waals surface area contributed by atoms with Gasteiger partial charge in [0.2, 0.25) is 5.28 Å². The lowest BCUT2D eigenvalue weighted by molar-refractivity contribution is -0.191. The average molecular weight is 588 g/mol. The quantitative estimate of drug-likeness (QED) is 0.126. The number of imidazole rings is 1. The number of anilines is 1. The lowest BCUT2D eigenvalue weighted by atomic mass is 9.92. The molecule has 2 aromatic heterocycles. The molecule has 0 radical (unpaired) electrons. The Morgan fingerprint density at radius 3 is 2.46 bits per heavy atom. The first-order valence-electron chi connectivity index (χ1n) is 12.4. The molecule has 0 saturated carbocycles. The number of rotatable bonds is 9. The predicted octanol–water partition coefficient (Wildman–Crippen LogP) is -0.159. The van der Waals surface area contributed by atoms with Gasteiger partial charge in [-0.25, -0.2) is 14.6 Å². The highest BCUT2D eigenvalue weighted by Crippen LogP contribution is 2.40. The molecule has 2 aliphatic rings. The van der Waals surface area contributed by atoms with E-state index in [0.29, 0.717) is 11.4 Å². The van der Waals surface area contributed by atoms with E-state index in [1.54, 1.807) is 42.2 Å². The summed E-state index contributed by atoms with van der Waals surface area (Å²) >= 11 is 6.16. The fourth-order valence-corrected chi connectivity index (χ4v) is 5.20. The highest BCUT2D eigenvalue weighted by atomic mass is 35.5. The van der Waals surface area contributed by atoms with Crippen LogP contribution < -0.4 is 4.90 Å².